The van der Waals surface area contributed by atoms with Crippen molar-refractivity contribution in [2.75, 3.05) is 12.3 Å². The van der Waals surface area contributed by atoms with Gasteiger partial charge in [-0.2, -0.15) is 0 Å². The van der Waals surface area contributed by atoms with Gasteiger partial charge in [0.1, 0.15) is 0 Å². The molecule has 1 fully saturated rings. The molecule has 0 saturated carbocycles. The minimum Gasteiger partial charge on any atom is -0.309 e. The highest BCUT2D eigenvalue weighted by Crippen LogP contribution is 2.21. The van der Waals surface area contributed by atoms with Crippen LogP contribution in [0.1, 0.15) is 31.4 Å². The van der Waals surface area contributed by atoms with Gasteiger partial charge in [-0.25, -0.2) is 22.0 Å². The van der Waals surface area contributed by atoms with Crippen LogP contribution in [0.5, 0.6) is 0 Å². The van der Waals surface area contributed by atoms with Crippen molar-refractivity contribution in [1.82, 2.24) is 5.32 Å². The fourth-order valence-electron chi connectivity index (χ4n) is 2.46. The van der Waals surface area contributed by atoms with Crippen molar-refractivity contribution in [1.29, 1.82) is 0 Å². The van der Waals surface area contributed by atoms with E-state index in [1.54, 1.807) is 12.1 Å². The molecular formula is C13H20N2O4S2. The second-order valence-corrected chi connectivity index (χ2v) is 9.34. The molecule has 1 aromatic rings. The van der Waals surface area contributed by atoms with E-state index in [9.17, 15) is 16.8 Å². The standard InChI is InChI=1S/C13H20N2O4S2/c1-10(15-9-13-3-2-8-20(13,16)17)11-4-6-12(7-5-11)21(14,18)19/h4-7,10,13,15H,2-3,8-9H2,1H3,(H2,14,18,19). The van der Waals surface area contributed by atoms with Crippen molar-refractivity contribution in [2.45, 2.75) is 36.0 Å². The topological polar surface area (TPSA) is 106 Å². The lowest BCUT2D eigenvalue weighted by Gasteiger charge is -2.17. The molecule has 1 heterocycles. The van der Waals surface area contributed by atoms with Gasteiger partial charge in [0.25, 0.3) is 0 Å². The molecule has 0 bridgehead atoms. The predicted octanol–water partition coefficient (Wildman–Crippen LogP) is 0.562. The van der Waals surface area contributed by atoms with Crippen molar-refractivity contribution in [2.24, 2.45) is 5.14 Å². The number of rotatable bonds is 5. The van der Waals surface area contributed by atoms with Crippen molar-refractivity contribution < 1.29 is 16.8 Å². The maximum absolute atomic E-state index is 11.7. The molecule has 2 unspecified atom stereocenters. The van der Waals surface area contributed by atoms with Crippen molar-refractivity contribution in [3.8, 4) is 0 Å². The second-order valence-electron chi connectivity index (χ2n) is 5.38. The van der Waals surface area contributed by atoms with Gasteiger partial charge in [0, 0.05) is 12.6 Å². The van der Waals surface area contributed by atoms with E-state index in [4.69, 9.17) is 5.14 Å². The lowest BCUT2D eigenvalue weighted by atomic mass is 10.1. The van der Waals surface area contributed by atoms with E-state index >= 15 is 0 Å². The summed E-state index contributed by atoms with van der Waals surface area (Å²) in [5.74, 6) is 0.275. The molecular weight excluding hydrogens is 312 g/mol. The second kappa shape index (κ2) is 6.04. The van der Waals surface area contributed by atoms with Gasteiger partial charge in [-0.15, -0.1) is 0 Å². The molecule has 0 aromatic heterocycles. The lowest BCUT2D eigenvalue weighted by Crippen LogP contribution is -2.32. The predicted molar refractivity (Wildman–Crippen MR) is 81.0 cm³/mol. The Hall–Kier alpha value is -0.960. The number of nitrogens with two attached hydrogens (primary N) is 1. The number of hydrogen-bond donors (Lipinski definition) is 2. The van der Waals surface area contributed by atoms with Gasteiger partial charge in [0.05, 0.1) is 15.9 Å². The molecule has 1 aliphatic rings. The summed E-state index contributed by atoms with van der Waals surface area (Å²) in [4.78, 5) is 0.0665. The maximum atomic E-state index is 11.7. The molecule has 21 heavy (non-hydrogen) atoms. The van der Waals surface area contributed by atoms with Gasteiger partial charge in [0.2, 0.25) is 10.0 Å². The zero-order valence-corrected chi connectivity index (χ0v) is 13.5. The molecule has 0 radical (unpaired) electrons. The first-order chi connectivity index (χ1) is 9.70. The molecule has 3 N–H and O–H groups in total. The molecule has 1 aliphatic heterocycles. The average Bonchev–Trinajstić information content (AvgIpc) is 2.74. The maximum Gasteiger partial charge on any atom is 0.238 e. The first kappa shape index (κ1) is 16.4. The normalized spacial score (nSPS) is 23.0. The Morgan fingerprint density at radius 3 is 2.43 bits per heavy atom. The molecule has 0 aliphatic carbocycles. The molecule has 8 heteroatoms. The van der Waals surface area contributed by atoms with Gasteiger partial charge >= 0.3 is 0 Å². The molecule has 2 rings (SSSR count). The lowest BCUT2D eigenvalue weighted by molar-refractivity contribution is 0.538. The first-order valence-corrected chi connectivity index (χ1v) is 10.0. The SMILES string of the molecule is CC(NCC1CCCS1(=O)=O)c1ccc(S(N)(=O)=O)cc1. The molecule has 118 valence electrons. The van der Waals surface area contributed by atoms with E-state index in [0.29, 0.717) is 13.0 Å². The van der Waals surface area contributed by atoms with Crippen molar-refractivity contribution in [3.63, 3.8) is 0 Å². The smallest absolute Gasteiger partial charge is 0.238 e. The van der Waals surface area contributed by atoms with Crippen molar-refractivity contribution >= 4 is 19.9 Å². The number of primary sulfonamides is 1. The van der Waals surface area contributed by atoms with E-state index in [-0.39, 0.29) is 21.9 Å². The molecule has 1 saturated heterocycles. The van der Waals surface area contributed by atoms with Crippen LogP contribution in [0.25, 0.3) is 0 Å². The molecule has 0 amide bonds. The first-order valence-electron chi connectivity index (χ1n) is 6.78. The van der Waals surface area contributed by atoms with E-state index in [1.165, 1.54) is 12.1 Å². The van der Waals surface area contributed by atoms with Gasteiger partial charge < -0.3 is 5.32 Å². The summed E-state index contributed by atoms with van der Waals surface area (Å²) < 4.78 is 45.9. The van der Waals surface area contributed by atoms with Crippen LogP contribution in [0.4, 0.5) is 0 Å². The summed E-state index contributed by atoms with van der Waals surface area (Å²) in [7, 11) is -6.64. The number of hydrogen-bond acceptors (Lipinski definition) is 5. The zero-order valence-electron chi connectivity index (χ0n) is 11.8. The Balaban J connectivity index is 1.99. The summed E-state index contributed by atoms with van der Waals surface area (Å²) in [5, 5.41) is 7.92. The highest BCUT2D eigenvalue weighted by atomic mass is 32.2. The molecule has 0 spiro atoms. The fourth-order valence-corrected chi connectivity index (χ4v) is 4.75. The third-order valence-electron chi connectivity index (χ3n) is 3.82. The Labute approximate surface area is 125 Å². The summed E-state index contributed by atoms with van der Waals surface area (Å²) in [5.41, 5.74) is 0.887. The Kier molecular flexibility index (Phi) is 4.72. The minimum atomic E-state index is -3.69. The Bertz CT molecular complexity index is 696. The monoisotopic (exact) mass is 332 g/mol. The van der Waals surface area contributed by atoms with Crippen molar-refractivity contribution in [3.05, 3.63) is 29.8 Å². The van der Waals surface area contributed by atoms with Crippen LogP contribution < -0.4 is 10.5 Å². The van der Waals surface area contributed by atoms with Gasteiger partial charge in [-0.05, 0) is 37.5 Å². The summed E-state index contributed by atoms with van der Waals surface area (Å²) >= 11 is 0. The van der Waals surface area contributed by atoms with Crippen LogP contribution in [-0.4, -0.2) is 34.4 Å². The Morgan fingerprint density at radius 2 is 1.95 bits per heavy atom. The van der Waals surface area contributed by atoms with Gasteiger partial charge in [-0.1, -0.05) is 12.1 Å². The summed E-state index contributed by atoms with van der Waals surface area (Å²) in [6.45, 7) is 2.33. The van der Waals surface area contributed by atoms with Crippen LogP contribution in [0.2, 0.25) is 0 Å². The average molecular weight is 332 g/mol. The van der Waals surface area contributed by atoms with Gasteiger partial charge in [-0.3, -0.25) is 0 Å². The summed E-state index contributed by atoms with van der Waals surface area (Å²) in [6.07, 6.45) is 1.43. The number of sulfone groups is 1. The highest BCUT2D eigenvalue weighted by Gasteiger charge is 2.31. The van der Waals surface area contributed by atoms with Crippen LogP contribution in [0, 0.1) is 0 Å². The zero-order chi connectivity index (χ0) is 15.7. The third-order valence-corrected chi connectivity index (χ3v) is 7.03. The molecule has 1 aromatic carbocycles. The van der Waals surface area contributed by atoms with E-state index in [0.717, 1.165) is 12.0 Å². The number of sulfonamides is 1. The van der Waals surface area contributed by atoms with E-state index < -0.39 is 19.9 Å². The van der Waals surface area contributed by atoms with Crippen LogP contribution in [-0.2, 0) is 19.9 Å². The molecule has 6 nitrogen and oxygen atoms in total. The van der Waals surface area contributed by atoms with E-state index in [2.05, 4.69) is 5.32 Å². The summed E-state index contributed by atoms with van der Waals surface area (Å²) in [6, 6.07) is 6.21. The number of benzene rings is 1. The highest BCUT2D eigenvalue weighted by molar-refractivity contribution is 7.92. The largest absolute Gasteiger partial charge is 0.309 e. The van der Waals surface area contributed by atoms with Crippen LogP contribution >= 0.6 is 0 Å². The van der Waals surface area contributed by atoms with Gasteiger partial charge in [0.15, 0.2) is 9.84 Å². The number of nitrogens with one attached hydrogen (secondary N) is 1. The van der Waals surface area contributed by atoms with Crippen LogP contribution in [0.3, 0.4) is 0 Å². The third kappa shape index (κ3) is 4.03. The quantitative estimate of drug-likeness (QED) is 0.819. The van der Waals surface area contributed by atoms with E-state index in [1.807, 2.05) is 6.92 Å². The fraction of sp³-hybridized carbons (Fsp3) is 0.538. The molecule has 2 atom stereocenters. The Morgan fingerprint density at radius 1 is 1.33 bits per heavy atom. The minimum absolute atomic E-state index is 0.0599. The van der Waals surface area contributed by atoms with Crippen LogP contribution in [0.15, 0.2) is 29.2 Å².